The zero-order valence-corrected chi connectivity index (χ0v) is 21.3. The number of benzene rings is 1. The molecule has 2 atom stereocenters. The maximum absolute atomic E-state index is 13.2. The van der Waals surface area contributed by atoms with E-state index in [0.717, 1.165) is 29.6 Å². The first-order valence-corrected chi connectivity index (χ1v) is 12.2. The molecule has 0 radical (unpaired) electrons. The third-order valence-electron chi connectivity index (χ3n) is 7.41. The number of carbonyl (C=O) groups is 2. The average molecular weight is 482 g/mol. The van der Waals surface area contributed by atoms with Gasteiger partial charge in [-0.2, -0.15) is 0 Å². The van der Waals surface area contributed by atoms with Crippen LogP contribution in [-0.4, -0.2) is 62.9 Å². The van der Waals surface area contributed by atoms with Crippen LogP contribution in [0, 0.1) is 5.92 Å². The molecule has 4 rings (SSSR count). The van der Waals surface area contributed by atoms with Crippen molar-refractivity contribution in [3.8, 4) is 11.3 Å². The summed E-state index contributed by atoms with van der Waals surface area (Å²) >= 11 is 0. The Morgan fingerprint density at radius 1 is 1.17 bits per heavy atom. The standard InChI is InChI=1S/C25H35BN4O5/c1-15(2)20(29-23(32)33)22(31)30-13-7-8-19(30)21-27-14-18(28-21)16-9-11-17(12-10-16)26-34-24(3,4)25(5,6)35-26/h9-12,14-15,19-20,29H,7-8,13H2,1-6H3,(H,27,28)(H,32,33). The second-order valence-electron chi connectivity index (χ2n) is 10.8. The largest absolute Gasteiger partial charge is 0.494 e. The van der Waals surface area contributed by atoms with E-state index in [0.29, 0.717) is 12.4 Å². The van der Waals surface area contributed by atoms with Gasteiger partial charge in [0.2, 0.25) is 5.91 Å². The zero-order valence-electron chi connectivity index (χ0n) is 21.3. The number of imidazole rings is 1. The Morgan fingerprint density at radius 3 is 2.37 bits per heavy atom. The fourth-order valence-electron chi connectivity index (χ4n) is 4.59. The maximum Gasteiger partial charge on any atom is 0.494 e. The number of nitrogens with one attached hydrogen (secondary N) is 2. The number of H-pyrrole nitrogens is 1. The summed E-state index contributed by atoms with van der Waals surface area (Å²) in [6, 6.07) is 6.99. The molecule has 3 N–H and O–H groups in total. The van der Waals surface area contributed by atoms with E-state index in [2.05, 4.69) is 15.3 Å². The second-order valence-corrected chi connectivity index (χ2v) is 10.8. The molecule has 0 spiro atoms. The van der Waals surface area contributed by atoms with Crippen molar-refractivity contribution in [2.24, 2.45) is 5.92 Å². The molecule has 35 heavy (non-hydrogen) atoms. The molecule has 2 fully saturated rings. The summed E-state index contributed by atoms with van der Waals surface area (Å²) in [6.07, 6.45) is 2.19. The number of aromatic nitrogens is 2. The van der Waals surface area contributed by atoms with E-state index in [-0.39, 0.29) is 17.9 Å². The number of rotatable bonds is 6. The van der Waals surface area contributed by atoms with Crippen molar-refractivity contribution in [3.05, 3.63) is 36.3 Å². The summed E-state index contributed by atoms with van der Waals surface area (Å²) < 4.78 is 12.3. The summed E-state index contributed by atoms with van der Waals surface area (Å²) in [5, 5.41) is 11.5. The molecular weight excluding hydrogens is 447 g/mol. The number of hydrogen-bond donors (Lipinski definition) is 3. The highest BCUT2D eigenvalue weighted by Crippen LogP contribution is 2.37. The van der Waals surface area contributed by atoms with Gasteiger partial charge in [-0.05, 0) is 57.5 Å². The minimum atomic E-state index is -1.20. The van der Waals surface area contributed by atoms with Crippen LogP contribution in [0.1, 0.15) is 66.3 Å². The first-order valence-electron chi connectivity index (χ1n) is 12.2. The third-order valence-corrected chi connectivity index (χ3v) is 7.41. The molecular formula is C25H35BN4O5. The minimum Gasteiger partial charge on any atom is -0.465 e. The van der Waals surface area contributed by atoms with Crippen molar-refractivity contribution in [2.45, 2.75) is 77.7 Å². The molecule has 2 saturated heterocycles. The Balaban J connectivity index is 1.49. The molecule has 0 aliphatic carbocycles. The van der Waals surface area contributed by atoms with Crippen LogP contribution in [0.15, 0.2) is 30.5 Å². The smallest absolute Gasteiger partial charge is 0.465 e. The van der Waals surface area contributed by atoms with Gasteiger partial charge >= 0.3 is 13.2 Å². The number of amides is 2. The molecule has 2 aliphatic heterocycles. The Morgan fingerprint density at radius 2 is 1.80 bits per heavy atom. The number of likely N-dealkylation sites (tertiary alicyclic amines) is 1. The van der Waals surface area contributed by atoms with Gasteiger partial charge in [-0.25, -0.2) is 9.78 Å². The van der Waals surface area contributed by atoms with Gasteiger partial charge in [0.15, 0.2) is 0 Å². The Kier molecular flexibility index (Phi) is 6.72. The molecule has 2 aliphatic rings. The third kappa shape index (κ3) is 4.95. The number of carbonyl (C=O) groups excluding carboxylic acids is 1. The molecule has 9 nitrogen and oxygen atoms in total. The van der Waals surface area contributed by atoms with Crippen LogP contribution in [0.2, 0.25) is 0 Å². The molecule has 10 heteroatoms. The molecule has 188 valence electrons. The summed E-state index contributed by atoms with van der Waals surface area (Å²) in [6.45, 7) is 12.4. The lowest BCUT2D eigenvalue weighted by molar-refractivity contribution is -0.135. The SMILES string of the molecule is CC(C)C(NC(=O)O)C(=O)N1CCCC1c1ncc(-c2ccc(B3OC(C)(C)C(C)(C)O3)cc2)[nH]1. The normalized spacial score (nSPS) is 22.0. The summed E-state index contributed by atoms with van der Waals surface area (Å²) in [7, 11) is -0.419. The highest BCUT2D eigenvalue weighted by atomic mass is 16.7. The van der Waals surface area contributed by atoms with Gasteiger partial charge in [0, 0.05) is 6.54 Å². The fraction of sp³-hybridized carbons (Fsp3) is 0.560. The average Bonchev–Trinajstić information content (AvgIpc) is 3.49. The van der Waals surface area contributed by atoms with Crippen LogP contribution in [0.25, 0.3) is 11.3 Å². The lowest BCUT2D eigenvalue weighted by Crippen LogP contribution is -2.50. The van der Waals surface area contributed by atoms with Gasteiger partial charge in [-0.15, -0.1) is 0 Å². The predicted molar refractivity (Wildman–Crippen MR) is 133 cm³/mol. The Hall–Kier alpha value is -2.85. The van der Waals surface area contributed by atoms with Gasteiger partial charge in [0.1, 0.15) is 11.9 Å². The van der Waals surface area contributed by atoms with E-state index in [1.54, 1.807) is 11.1 Å². The van der Waals surface area contributed by atoms with Gasteiger partial charge in [-0.3, -0.25) is 4.79 Å². The van der Waals surface area contributed by atoms with Crippen LogP contribution in [0.3, 0.4) is 0 Å². The van der Waals surface area contributed by atoms with E-state index < -0.39 is 30.5 Å². The van der Waals surface area contributed by atoms with Crippen molar-refractivity contribution in [3.63, 3.8) is 0 Å². The maximum atomic E-state index is 13.2. The number of carboxylic acid groups (broad SMARTS) is 1. The first kappa shape index (κ1) is 25.3. The minimum absolute atomic E-state index is 0.158. The van der Waals surface area contributed by atoms with Crippen LogP contribution in [0.5, 0.6) is 0 Å². The van der Waals surface area contributed by atoms with Gasteiger partial charge in [0.25, 0.3) is 0 Å². The number of nitrogens with zero attached hydrogens (tertiary/aromatic N) is 2. The molecule has 1 aromatic heterocycles. The highest BCUT2D eigenvalue weighted by molar-refractivity contribution is 6.62. The Labute approximate surface area is 206 Å². The van der Waals surface area contributed by atoms with Crippen molar-refractivity contribution >= 4 is 24.6 Å². The van der Waals surface area contributed by atoms with Crippen LogP contribution < -0.4 is 10.8 Å². The van der Waals surface area contributed by atoms with E-state index in [1.165, 1.54) is 0 Å². The molecule has 2 amide bonds. The van der Waals surface area contributed by atoms with Gasteiger partial charge in [-0.1, -0.05) is 38.1 Å². The van der Waals surface area contributed by atoms with Gasteiger partial charge < -0.3 is 29.6 Å². The molecule has 2 aromatic rings. The lowest BCUT2D eigenvalue weighted by Gasteiger charge is -2.32. The van der Waals surface area contributed by atoms with Crippen molar-refractivity contribution < 1.29 is 24.0 Å². The van der Waals surface area contributed by atoms with Crippen molar-refractivity contribution in [1.82, 2.24) is 20.2 Å². The molecule has 1 aromatic carbocycles. The van der Waals surface area contributed by atoms with E-state index in [1.807, 2.05) is 65.8 Å². The molecule has 0 saturated carbocycles. The zero-order chi connectivity index (χ0) is 25.5. The van der Waals surface area contributed by atoms with E-state index in [9.17, 15) is 9.59 Å². The van der Waals surface area contributed by atoms with E-state index >= 15 is 0 Å². The summed E-state index contributed by atoms with van der Waals surface area (Å²) in [5.74, 6) is 0.336. The summed E-state index contributed by atoms with van der Waals surface area (Å²) in [4.78, 5) is 34.1. The van der Waals surface area contributed by atoms with Crippen LogP contribution >= 0.6 is 0 Å². The quantitative estimate of drug-likeness (QED) is 0.544. The monoisotopic (exact) mass is 482 g/mol. The highest BCUT2D eigenvalue weighted by Gasteiger charge is 2.51. The van der Waals surface area contributed by atoms with Crippen LogP contribution in [-0.2, 0) is 14.1 Å². The molecule has 2 unspecified atom stereocenters. The second kappa shape index (κ2) is 9.31. The van der Waals surface area contributed by atoms with Crippen molar-refractivity contribution in [1.29, 1.82) is 0 Å². The van der Waals surface area contributed by atoms with E-state index in [4.69, 9.17) is 14.4 Å². The Bertz CT molecular complexity index is 1070. The number of hydrogen-bond acceptors (Lipinski definition) is 5. The fourth-order valence-corrected chi connectivity index (χ4v) is 4.59. The molecule has 3 heterocycles. The van der Waals surface area contributed by atoms with Crippen LogP contribution in [0.4, 0.5) is 4.79 Å². The molecule has 0 bridgehead atoms. The number of aromatic amines is 1. The summed E-state index contributed by atoms with van der Waals surface area (Å²) in [5.41, 5.74) is 1.98. The van der Waals surface area contributed by atoms with Gasteiger partial charge in [0.05, 0.1) is 29.1 Å². The first-order chi connectivity index (χ1) is 16.4. The van der Waals surface area contributed by atoms with Crippen molar-refractivity contribution in [2.75, 3.05) is 6.54 Å². The predicted octanol–water partition coefficient (Wildman–Crippen LogP) is 3.33. The lowest BCUT2D eigenvalue weighted by atomic mass is 9.79. The topological polar surface area (TPSA) is 117 Å².